The molecule has 0 aromatic heterocycles. The monoisotopic (exact) mass is 395 g/mol. The van der Waals surface area contributed by atoms with Crippen LogP contribution in [-0.2, 0) is 19.1 Å². The third-order valence-corrected chi connectivity index (χ3v) is 3.17. The Balaban J connectivity index is 0. The van der Waals surface area contributed by atoms with Crippen molar-refractivity contribution in [2.45, 2.75) is 39.9 Å². The first-order valence-corrected chi connectivity index (χ1v) is 8.23. The van der Waals surface area contributed by atoms with Crippen LogP contribution in [-0.4, -0.2) is 30.9 Å². The molecule has 1 N–H and O–H groups in total. The minimum absolute atomic E-state index is 0. The number of nitrogens with one attached hydrogen (secondary N) is 1. The van der Waals surface area contributed by atoms with Gasteiger partial charge in [-0.25, -0.2) is 4.79 Å². The van der Waals surface area contributed by atoms with E-state index in [9.17, 15) is 14.4 Å². The molecule has 1 rings (SSSR count). The predicted octanol–water partition coefficient (Wildman–Crippen LogP) is 0.414. The Hall–Kier alpha value is -1.28. The molecule has 7 nitrogen and oxygen atoms in total. The zero-order valence-corrected chi connectivity index (χ0v) is 18.2. The molecule has 0 saturated carbocycles. The molecule has 26 heavy (non-hydrogen) atoms. The smallest absolute Gasteiger partial charge is 1.00 e. The van der Waals surface area contributed by atoms with Gasteiger partial charge < -0.3 is 21.0 Å². The first kappa shape index (κ1) is 24.7. The fourth-order valence-electron chi connectivity index (χ4n) is 1.72. The van der Waals surface area contributed by atoms with Crippen molar-refractivity contribution in [1.82, 2.24) is 5.32 Å². The number of esters is 2. The van der Waals surface area contributed by atoms with Crippen LogP contribution in [0.4, 0.5) is 4.79 Å². The topological polar surface area (TPSA) is 90.9 Å². The molecule has 0 fully saturated rings. The SMILES string of the molecule is CC(=O)OC(OC(=O)NCCCC(=O)Oc1ccc(Cl)cc1)C(C)C.[H-].[Na+]. The van der Waals surface area contributed by atoms with Gasteiger partial charge in [-0.3, -0.25) is 9.59 Å². The first-order chi connectivity index (χ1) is 11.8. The summed E-state index contributed by atoms with van der Waals surface area (Å²) in [7, 11) is 0. The Kier molecular flexibility index (Phi) is 12.3. The summed E-state index contributed by atoms with van der Waals surface area (Å²) >= 11 is 5.74. The van der Waals surface area contributed by atoms with Crippen LogP contribution < -0.4 is 39.6 Å². The number of carbonyl (C=O) groups excluding carboxylic acids is 3. The Bertz CT molecular complexity index is 600. The van der Waals surface area contributed by atoms with Crippen LogP contribution in [0.5, 0.6) is 5.75 Å². The number of hydrogen-bond acceptors (Lipinski definition) is 6. The number of rotatable bonds is 8. The molecule has 9 heteroatoms. The van der Waals surface area contributed by atoms with Crippen LogP contribution in [0.25, 0.3) is 0 Å². The molecule has 0 aliphatic carbocycles. The van der Waals surface area contributed by atoms with Crippen LogP contribution in [0.15, 0.2) is 24.3 Å². The van der Waals surface area contributed by atoms with Crippen LogP contribution >= 0.6 is 11.6 Å². The van der Waals surface area contributed by atoms with Gasteiger partial charge in [0.2, 0.25) is 0 Å². The van der Waals surface area contributed by atoms with Crippen molar-refractivity contribution in [3.63, 3.8) is 0 Å². The minimum Gasteiger partial charge on any atom is -1.00 e. The van der Waals surface area contributed by atoms with Gasteiger partial charge in [-0.15, -0.1) is 0 Å². The predicted molar refractivity (Wildman–Crippen MR) is 92.3 cm³/mol. The normalized spacial score (nSPS) is 11.1. The maximum atomic E-state index is 11.7. The molecule has 0 bridgehead atoms. The van der Waals surface area contributed by atoms with Gasteiger partial charge in [0.1, 0.15) is 5.75 Å². The maximum absolute atomic E-state index is 11.7. The zero-order valence-electron chi connectivity index (χ0n) is 16.4. The summed E-state index contributed by atoms with van der Waals surface area (Å²) in [5, 5.41) is 3.04. The second-order valence-electron chi connectivity index (χ2n) is 5.59. The summed E-state index contributed by atoms with van der Waals surface area (Å²) in [4.78, 5) is 34.3. The quantitative estimate of drug-likeness (QED) is 0.225. The Morgan fingerprint density at radius 2 is 1.77 bits per heavy atom. The van der Waals surface area contributed by atoms with Gasteiger partial charge >= 0.3 is 47.6 Å². The van der Waals surface area contributed by atoms with Crippen LogP contribution in [0.2, 0.25) is 5.02 Å². The van der Waals surface area contributed by atoms with E-state index in [-0.39, 0.29) is 49.9 Å². The molecule has 1 amide bonds. The summed E-state index contributed by atoms with van der Waals surface area (Å²) in [6, 6.07) is 6.43. The van der Waals surface area contributed by atoms with Crippen molar-refractivity contribution in [2.75, 3.05) is 6.54 Å². The Labute approximate surface area is 181 Å². The van der Waals surface area contributed by atoms with Gasteiger partial charge in [-0.2, -0.15) is 0 Å². The van der Waals surface area contributed by atoms with Gasteiger partial charge in [0.05, 0.1) is 0 Å². The van der Waals surface area contributed by atoms with Crippen molar-refractivity contribution in [2.24, 2.45) is 5.92 Å². The average Bonchev–Trinajstić information content (AvgIpc) is 2.52. The maximum Gasteiger partial charge on any atom is 1.00 e. The van der Waals surface area contributed by atoms with Crippen molar-refractivity contribution >= 4 is 29.6 Å². The van der Waals surface area contributed by atoms with E-state index in [1.807, 2.05) is 0 Å². The number of alkyl carbamates (subject to hydrolysis) is 1. The molecule has 0 aliphatic rings. The van der Waals surface area contributed by atoms with Gasteiger partial charge in [0, 0.05) is 30.8 Å². The molecule has 1 atom stereocenters. The molecule has 0 radical (unpaired) electrons. The Morgan fingerprint density at radius 1 is 1.15 bits per heavy atom. The molecule has 0 aliphatic heterocycles. The second-order valence-corrected chi connectivity index (χ2v) is 6.02. The summed E-state index contributed by atoms with van der Waals surface area (Å²) < 4.78 is 15.0. The molecule has 0 saturated heterocycles. The zero-order chi connectivity index (χ0) is 18.8. The largest absolute Gasteiger partial charge is 1.00 e. The van der Waals surface area contributed by atoms with Gasteiger partial charge in [0.15, 0.2) is 0 Å². The number of halogens is 1. The van der Waals surface area contributed by atoms with Gasteiger partial charge in [0.25, 0.3) is 6.29 Å². The molecule has 1 aromatic carbocycles. The molecule has 140 valence electrons. The average molecular weight is 396 g/mol. The number of hydrogen-bond donors (Lipinski definition) is 1. The van der Waals surface area contributed by atoms with E-state index in [1.54, 1.807) is 38.1 Å². The third-order valence-electron chi connectivity index (χ3n) is 2.92. The van der Waals surface area contributed by atoms with E-state index >= 15 is 0 Å². The standard InChI is InChI=1S/C17H22ClNO6.Na.H/c1-11(2)16(23-12(3)20)25-17(22)19-10-4-5-15(21)24-14-8-6-13(18)7-9-14;;/h6-9,11,16H,4-5,10H2,1-3H3,(H,19,22);;/q;+1;-1. The number of amides is 1. The van der Waals surface area contributed by atoms with Crippen molar-refractivity contribution in [1.29, 1.82) is 0 Å². The molecule has 0 spiro atoms. The van der Waals surface area contributed by atoms with Crippen molar-refractivity contribution in [3.05, 3.63) is 29.3 Å². The third kappa shape index (κ3) is 10.7. The van der Waals surface area contributed by atoms with E-state index < -0.39 is 24.3 Å². The summed E-state index contributed by atoms with van der Waals surface area (Å²) in [6.07, 6.45) is -1.17. The van der Waals surface area contributed by atoms with E-state index in [4.69, 9.17) is 25.8 Å². The van der Waals surface area contributed by atoms with Crippen LogP contribution in [0.3, 0.4) is 0 Å². The number of benzene rings is 1. The fourth-order valence-corrected chi connectivity index (χ4v) is 1.84. The first-order valence-electron chi connectivity index (χ1n) is 7.86. The molecule has 0 heterocycles. The molecular weight excluding hydrogens is 373 g/mol. The van der Waals surface area contributed by atoms with Crippen molar-refractivity contribution < 1.29 is 59.6 Å². The summed E-state index contributed by atoms with van der Waals surface area (Å²) in [5.74, 6) is -0.721. The fraction of sp³-hybridized carbons (Fsp3) is 0.471. The molecular formula is C17H23ClNNaO6. The van der Waals surface area contributed by atoms with Crippen molar-refractivity contribution in [3.8, 4) is 5.75 Å². The number of ether oxygens (including phenoxy) is 3. The molecule has 1 unspecified atom stereocenters. The summed E-state index contributed by atoms with van der Waals surface area (Å²) in [5.41, 5.74) is 0. The second kappa shape index (κ2) is 13.0. The van der Waals surface area contributed by atoms with Gasteiger partial charge in [-0.1, -0.05) is 25.4 Å². The van der Waals surface area contributed by atoms with Gasteiger partial charge in [-0.05, 0) is 30.7 Å². The van der Waals surface area contributed by atoms with E-state index in [2.05, 4.69) is 5.32 Å². The van der Waals surface area contributed by atoms with E-state index in [0.29, 0.717) is 17.2 Å². The Morgan fingerprint density at radius 3 is 2.31 bits per heavy atom. The van der Waals surface area contributed by atoms with E-state index in [1.165, 1.54) is 6.92 Å². The number of carbonyl (C=O) groups is 3. The summed E-state index contributed by atoms with van der Waals surface area (Å²) in [6.45, 7) is 4.98. The molecule has 1 aromatic rings. The minimum atomic E-state index is -0.952. The van der Waals surface area contributed by atoms with E-state index in [0.717, 1.165) is 0 Å². The van der Waals surface area contributed by atoms with Crippen LogP contribution in [0, 0.1) is 5.92 Å². The van der Waals surface area contributed by atoms with Crippen LogP contribution in [0.1, 0.15) is 35.0 Å².